The molecule has 1 heterocycles. The Morgan fingerprint density at radius 1 is 1.39 bits per heavy atom. The summed E-state index contributed by atoms with van der Waals surface area (Å²) in [5.74, 6) is 0.627. The number of aliphatic hydroxyl groups is 2. The van der Waals surface area contributed by atoms with Crippen molar-refractivity contribution in [1.29, 1.82) is 0 Å². The number of fused-ring (bicyclic) bond motifs is 1. The average molecular weight is 257 g/mol. The molecule has 1 aliphatic heterocycles. The molecule has 0 unspecified atom stereocenters. The zero-order valence-corrected chi connectivity index (χ0v) is 11.9. The Hall–Kier alpha value is -0.160. The highest BCUT2D eigenvalue weighted by atomic mass is 16.5. The highest BCUT2D eigenvalue weighted by molar-refractivity contribution is 5.10. The molecule has 0 amide bonds. The van der Waals surface area contributed by atoms with Gasteiger partial charge in [-0.3, -0.25) is 0 Å². The fourth-order valence-electron chi connectivity index (χ4n) is 3.33. The second kappa shape index (κ2) is 4.75. The molecule has 2 rings (SSSR count). The molecule has 3 N–H and O–H groups in total. The van der Waals surface area contributed by atoms with E-state index in [1.54, 1.807) is 0 Å². The topological polar surface area (TPSA) is 61.7 Å². The highest BCUT2D eigenvalue weighted by Gasteiger charge is 2.57. The molecule has 0 aromatic rings. The van der Waals surface area contributed by atoms with Crippen LogP contribution in [0.15, 0.2) is 0 Å². The van der Waals surface area contributed by atoms with E-state index in [4.69, 9.17) is 4.74 Å². The first-order valence-corrected chi connectivity index (χ1v) is 7.02. The van der Waals surface area contributed by atoms with Crippen molar-refractivity contribution in [1.82, 2.24) is 5.32 Å². The van der Waals surface area contributed by atoms with Crippen LogP contribution in [-0.4, -0.2) is 46.7 Å². The smallest absolute Gasteiger partial charge is 0.109 e. The number of hydrogen-bond donors (Lipinski definition) is 3. The minimum atomic E-state index is -0.913. The van der Waals surface area contributed by atoms with Gasteiger partial charge < -0.3 is 20.3 Å². The van der Waals surface area contributed by atoms with Gasteiger partial charge in [-0.2, -0.15) is 0 Å². The monoisotopic (exact) mass is 257 g/mol. The van der Waals surface area contributed by atoms with E-state index in [9.17, 15) is 10.2 Å². The summed E-state index contributed by atoms with van der Waals surface area (Å²) in [4.78, 5) is 0. The van der Waals surface area contributed by atoms with E-state index in [0.717, 1.165) is 13.0 Å². The van der Waals surface area contributed by atoms with Crippen molar-refractivity contribution in [2.75, 3.05) is 13.2 Å². The van der Waals surface area contributed by atoms with Crippen LogP contribution in [0.1, 0.15) is 40.5 Å². The number of nitrogens with one attached hydrogen (secondary N) is 1. The normalized spacial score (nSPS) is 43.2. The van der Waals surface area contributed by atoms with Gasteiger partial charge in [0, 0.05) is 0 Å². The summed E-state index contributed by atoms with van der Waals surface area (Å²) in [6.45, 7) is 9.46. The van der Waals surface area contributed by atoms with E-state index >= 15 is 0 Å². The lowest BCUT2D eigenvalue weighted by molar-refractivity contribution is -0.184. The summed E-state index contributed by atoms with van der Waals surface area (Å²) in [7, 11) is 0. The third-order valence-corrected chi connectivity index (χ3v) is 4.33. The first kappa shape index (κ1) is 14.3. The van der Waals surface area contributed by atoms with Crippen molar-refractivity contribution < 1.29 is 14.9 Å². The maximum atomic E-state index is 10.8. The molecule has 0 aromatic heterocycles. The molecule has 0 spiro atoms. The van der Waals surface area contributed by atoms with Crippen LogP contribution in [-0.2, 0) is 4.74 Å². The van der Waals surface area contributed by atoms with E-state index in [1.165, 1.54) is 0 Å². The van der Waals surface area contributed by atoms with Gasteiger partial charge in [-0.05, 0) is 45.1 Å². The third-order valence-electron chi connectivity index (χ3n) is 4.33. The van der Waals surface area contributed by atoms with Crippen molar-refractivity contribution in [2.24, 2.45) is 11.8 Å². The van der Waals surface area contributed by atoms with Gasteiger partial charge in [0.1, 0.15) is 5.60 Å². The van der Waals surface area contributed by atoms with Crippen LogP contribution < -0.4 is 5.32 Å². The summed E-state index contributed by atoms with van der Waals surface area (Å²) in [6.07, 6.45) is 0.996. The van der Waals surface area contributed by atoms with E-state index in [0.29, 0.717) is 18.9 Å². The number of hydrogen-bond acceptors (Lipinski definition) is 4. The lowest BCUT2D eigenvalue weighted by Gasteiger charge is -2.45. The van der Waals surface area contributed by atoms with Gasteiger partial charge in [-0.1, -0.05) is 13.8 Å². The van der Waals surface area contributed by atoms with Crippen molar-refractivity contribution in [2.45, 2.75) is 63.9 Å². The molecule has 4 nitrogen and oxygen atoms in total. The first-order chi connectivity index (χ1) is 8.24. The summed E-state index contributed by atoms with van der Waals surface area (Å²) >= 11 is 0. The fourth-order valence-corrected chi connectivity index (χ4v) is 3.33. The predicted molar refractivity (Wildman–Crippen MR) is 70.3 cm³/mol. The third kappa shape index (κ3) is 2.57. The molecule has 0 radical (unpaired) electrons. The molecule has 4 atom stereocenters. The van der Waals surface area contributed by atoms with Crippen molar-refractivity contribution >= 4 is 0 Å². The lowest BCUT2D eigenvalue weighted by Crippen LogP contribution is -2.61. The van der Waals surface area contributed by atoms with Crippen LogP contribution in [0.3, 0.4) is 0 Å². The standard InChI is InChI=1S/C14H27NO3/c1-9(2)7-15-12-11(16)5-10-6-13(3,4)18-8-14(10,12)17/h9-12,15-17H,5-8H2,1-4H3/t10-,11-,12+,14+/m1/s1. The molecule has 1 aliphatic carbocycles. The number of ether oxygens (including phenoxy) is 1. The Morgan fingerprint density at radius 3 is 2.67 bits per heavy atom. The van der Waals surface area contributed by atoms with Crippen molar-refractivity contribution in [3.05, 3.63) is 0 Å². The van der Waals surface area contributed by atoms with Gasteiger partial charge in [-0.25, -0.2) is 0 Å². The maximum Gasteiger partial charge on any atom is 0.109 e. The van der Waals surface area contributed by atoms with E-state index < -0.39 is 11.7 Å². The largest absolute Gasteiger partial charge is 0.391 e. The van der Waals surface area contributed by atoms with Gasteiger partial charge in [0.05, 0.1) is 24.4 Å². The summed E-state index contributed by atoms with van der Waals surface area (Å²) in [6, 6.07) is -0.263. The zero-order chi connectivity index (χ0) is 13.6. The number of aliphatic hydroxyl groups excluding tert-OH is 1. The highest BCUT2D eigenvalue weighted by Crippen LogP contribution is 2.45. The van der Waals surface area contributed by atoms with E-state index in [2.05, 4.69) is 19.2 Å². The molecule has 1 saturated heterocycles. The van der Waals surface area contributed by atoms with Crippen LogP contribution >= 0.6 is 0 Å². The molecule has 0 aromatic carbocycles. The Balaban J connectivity index is 2.08. The zero-order valence-electron chi connectivity index (χ0n) is 11.9. The average Bonchev–Trinajstić information content (AvgIpc) is 2.46. The van der Waals surface area contributed by atoms with Crippen LogP contribution in [0.25, 0.3) is 0 Å². The van der Waals surface area contributed by atoms with Gasteiger partial charge >= 0.3 is 0 Å². The summed E-state index contributed by atoms with van der Waals surface area (Å²) in [5.41, 5.74) is -1.10. The lowest BCUT2D eigenvalue weighted by atomic mass is 9.79. The Labute approximate surface area is 110 Å². The molecular weight excluding hydrogens is 230 g/mol. The molecule has 106 valence electrons. The van der Waals surface area contributed by atoms with Gasteiger partial charge in [-0.15, -0.1) is 0 Å². The summed E-state index contributed by atoms with van der Waals surface area (Å²) < 4.78 is 5.77. The van der Waals surface area contributed by atoms with Crippen LogP contribution in [0.5, 0.6) is 0 Å². The molecule has 0 bridgehead atoms. The second-order valence-electron chi connectivity index (χ2n) is 7.02. The molecular formula is C14H27NO3. The van der Waals surface area contributed by atoms with E-state index in [-0.39, 0.29) is 17.6 Å². The summed E-state index contributed by atoms with van der Waals surface area (Å²) in [5, 5.41) is 24.3. The van der Waals surface area contributed by atoms with Crippen LogP contribution in [0.4, 0.5) is 0 Å². The second-order valence-corrected chi connectivity index (χ2v) is 7.02. The van der Waals surface area contributed by atoms with Crippen LogP contribution in [0, 0.1) is 11.8 Å². The maximum absolute atomic E-state index is 10.8. The fraction of sp³-hybridized carbons (Fsp3) is 1.00. The van der Waals surface area contributed by atoms with Crippen molar-refractivity contribution in [3.8, 4) is 0 Å². The van der Waals surface area contributed by atoms with E-state index in [1.807, 2.05) is 13.8 Å². The molecule has 1 saturated carbocycles. The minimum absolute atomic E-state index is 0.126. The first-order valence-electron chi connectivity index (χ1n) is 7.02. The molecule has 2 fully saturated rings. The molecule has 18 heavy (non-hydrogen) atoms. The Kier molecular flexibility index (Phi) is 3.76. The van der Waals surface area contributed by atoms with Gasteiger partial charge in [0.2, 0.25) is 0 Å². The Bertz CT molecular complexity index is 305. The van der Waals surface area contributed by atoms with Gasteiger partial charge in [0.25, 0.3) is 0 Å². The Morgan fingerprint density at radius 2 is 2.06 bits per heavy atom. The molecule has 4 heteroatoms. The van der Waals surface area contributed by atoms with Gasteiger partial charge in [0.15, 0.2) is 0 Å². The number of rotatable bonds is 3. The quantitative estimate of drug-likeness (QED) is 0.703. The molecule has 2 aliphatic rings. The predicted octanol–water partition coefficient (Wildman–Crippen LogP) is 0.911. The minimum Gasteiger partial charge on any atom is -0.391 e. The SMILES string of the molecule is CC(C)CN[C@H]1[C@H](O)C[C@@H]2CC(C)(C)OC[C@]21O. The van der Waals surface area contributed by atoms with Crippen LogP contribution in [0.2, 0.25) is 0 Å². The van der Waals surface area contributed by atoms with Crippen molar-refractivity contribution in [3.63, 3.8) is 0 Å².